The SMILES string of the molecule is COc1cccc(C2(O)CCC(C(N)=O)C(C(=O)O)C2CN(C)C)c1. The van der Waals surface area contributed by atoms with Gasteiger partial charge in [-0.3, -0.25) is 9.59 Å². The first-order valence-corrected chi connectivity index (χ1v) is 8.24. The third-order valence-corrected chi connectivity index (χ3v) is 5.10. The Morgan fingerprint density at radius 1 is 1.40 bits per heavy atom. The highest BCUT2D eigenvalue weighted by Crippen LogP contribution is 2.48. The molecule has 1 aliphatic carbocycles. The molecule has 1 saturated carbocycles. The lowest BCUT2D eigenvalue weighted by Crippen LogP contribution is -2.55. The number of aliphatic hydroxyl groups is 1. The van der Waals surface area contributed by atoms with Crippen LogP contribution in [0.5, 0.6) is 5.75 Å². The molecular weight excluding hydrogens is 324 g/mol. The van der Waals surface area contributed by atoms with Crippen LogP contribution < -0.4 is 10.5 Å². The molecule has 0 radical (unpaired) electrons. The third-order valence-electron chi connectivity index (χ3n) is 5.10. The van der Waals surface area contributed by atoms with Crippen LogP contribution >= 0.6 is 0 Å². The molecule has 0 heterocycles. The number of primary amides is 1. The van der Waals surface area contributed by atoms with E-state index in [1.54, 1.807) is 38.4 Å². The first-order valence-electron chi connectivity index (χ1n) is 8.24. The molecule has 138 valence electrons. The van der Waals surface area contributed by atoms with E-state index in [9.17, 15) is 19.8 Å². The fourth-order valence-electron chi connectivity index (χ4n) is 3.89. The van der Waals surface area contributed by atoms with Gasteiger partial charge in [-0.05, 0) is 44.6 Å². The van der Waals surface area contributed by atoms with Gasteiger partial charge >= 0.3 is 5.97 Å². The Morgan fingerprint density at radius 3 is 2.60 bits per heavy atom. The zero-order valence-corrected chi connectivity index (χ0v) is 14.8. The topological polar surface area (TPSA) is 113 Å². The molecule has 1 amide bonds. The van der Waals surface area contributed by atoms with E-state index in [0.717, 1.165) is 0 Å². The predicted octanol–water partition coefficient (Wildman–Crippen LogP) is 0.657. The molecule has 2 rings (SSSR count). The lowest BCUT2D eigenvalue weighted by Gasteiger charge is -2.47. The number of methoxy groups -OCH3 is 1. The Balaban J connectivity index is 2.54. The molecule has 4 unspecified atom stereocenters. The second kappa shape index (κ2) is 7.41. The van der Waals surface area contributed by atoms with Gasteiger partial charge in [-0.25, -0.2) is 0 Å². The van der Waals surface area contributed by atoms with Crippen molar-refractivity contribution in [3.63, 3.8) is 0 Å². The Kier molecular flexibility index (Phi) is 5.69. The summed E-state index contributed by atoms with van der Waals surface area (Å²) in [7, 11) is 5.14. The molecule has 0 bridgehead atoms. The number of carboxylic acids is 1. The van der Waals surface area contributed by atoms with Crippen LogP contribution in [0.3, 0.4) is 0 Å². The summed E-state index contributed by atoms with van der Waals surface area (Å²) in [5, 5.41) is 21.3. The molecule has 7 nitrogen and oxygen atoms in total. The number of ether oxygens (including phenoxy) is 1. The molecule has 1 aromatic carbocycles. The van der Waals surface area contributed by atoms with Gasteiger partial charge in [-0.1, -0.05) is 12.1 Å². The Morgan fingerprint density at radius 2 is 2.08 bits per heavy atom. The number of aliphatic carboxylic acids is 1. The zero-order chi connectivity index (χ0) is 18.8. The number of hydrogen-bond donors (Lipinski definition) is 3. The van der Waals surface area contributed by atoms with Crippen molar-refractivity contribution in [3.05, 3.63) is 29.8 Å². The molecule has 25 heavy (non-hydrogen) atoms. The van der Waals surface area contributed by atoms with E-state index >= 15 is 0 Å². The number of carboxylic acid groups (broad SMARTS) is 1. The number of carbonyl (C=O) groups excluding carboxylic acids is 1. The normalized spacial score (nSPS) is 29.4. The smallest absolute Gasteiger partial charge is 0.307 e. The summed E-state index contributed by atoms with van der Waals surface area (Å²) < 4.78 is 5.23. The number of benzene rings is 1. The van der Waals surface area contributed by atoms with Crippen molar-refractivity contribution in [1.29, 1.82) is 0 Å². The number of hydrogen-bond acceptors (Lipinski definition) is 5. The van der Waals surface area contributed by atoms with Crippen molar-refractivity contribution < 1.29 is 24.5 Å². The van der Waals surface area contributed by atoms with Crippen molar-refractivity contribution in [3.8, 4) is 5.75 Å². The van der Waals surface area contributed by atoms with Crippen LogP contribution in [-0.2, 0) is 15.2 Å². The second-order valence-corrected chi connectivity index (χ2v) is 6.94. The number of nitrogens with zero attached hydrogens (tertiary/aromatic N) is 1. The van der Waals surface area contributed by atoms with E-state index in [2.05, 4.69) is 0 Å². The lowest BCUT2D eigenvalue weighted by atomic mass is 9.61. The maximum absolute atomic E-state index is 11.9. The minimum atomic E-state index is -1.38. The van der Waals surface area contributed by atoms with Gasteiger partial charge in [-0.15, -0.1) is 0 Å². The largest absolute Gasteiger partial charge is 0.497 e. The van der Waals surface area contributed by atoms with Crippen LogP contribution in [-0.4, -0.2) is 54.7 Å². The molecule has 1 aromatic rings. The number of rotatable bonds is 6. The average Bonchev–Trinajstić information content (AvgIpc) is 2.55. The van der Waals surface area contributed by atoms with E-state index in [1.807, 2.05) is 4.90 Å². The molecule has 4 atom stereocenters. The van der Waals surface area contributed by atoms with Gasteiger partial charge in [0.25, 0.3) is 0 Å². The Bertz CT molecular complexity index is 648. The van der Waals surface area contributed by atoms with Crippen LogP contribution in [0.25, 0.3) is 0 Å². The van der Waals surface area contributed by atoms with Gasteiger partial charge in [-0.2, -0.15) is 0 Å². The van der Waals surface area contributed by atoms with Crippen LogP contribution in [0, 0.1) is 17.8 Å². The highest BCUT2D eigenvalue weighted by molar-refractivity contribution is 5.84. The van der Waals surface area contributed by atoms with Gasteiger partial charge < -0.3 is 25.6 Å². The maximum Gasteiger partial charge on any atom is 0.307 e. The molecular formula is C18H26N2O5. The van der Waals surface area contributed by atoms with E-state index in [-0.39, 0.29) is 12.8 Å². The van der Waals surface area contributed by atoms with Crippen molar-refractivity contribution in [2.24, 2.45) is 23.5 Å². The number of carbonyl (C=O) groups is 2. The first kappa shape index (κ1) is 19.2. The van der Waals surface area contributed by atoms with Crippen molar-refractivity contribution in [2.75, 3.05) is 27.7 Å². The van der Waals surface area contributed by atoms with Crippen LogP contribution in [0.1, 0.15) is 18.4 Å². The van der Waals surface area contributed by atoms with Gasteiger partial charge in [0, 0.05) is 12.5 Å². The maximum atomic E-state index is 11.9. The molecule has 7 heteroatoms. The van der Waals surface area contributed by atoms with Crippen LogP contribution in [0.4, 0.5) is 0 Å². The van der Waals surface area contributed by atoms with E-state index in [0.29, 0.717) is 17.9 Å². The van der Waals surface area contributed by atoms with Gasteiger partial charge in [0.1, 0.15) is 5.75 Å². The minimum absolute atomic E-state index is 0.226. The molecule has 1 fully saturated rings. The van der Waals surface area contributed by atoms with Crippen molar-refractivity contribution >= 4 is 11.9 Å². The summed E-state index contributed by atoms with van der Waals surface area (Å²) >= 11 is 0. The fourth-order valence-corrected chi connectivity index (χ4v) is 3.89. The van der Waals surface area contributed by atoms with Crippen LogP contribution in [0.15, 0.2) is 24.3 Å². The van der Waals surface area contributed by atoms with Gasteiger partial charge in [0.15, 0.2) is 0 Å². The van der Waals surface area contributed by atoms with E-state index < -0.39 is 35.2 Å². The molecule has 0 saturated heterocycles. The lowest BCUT2D eigenvalue weighted by molar-refractivity contribution is -0.166. The molecule has 4 N–H and O–H groups in total. The highest BCUT2D eigenvalue weighted by Gasteiger charge is 2.53. The molecule has 0 aliphatic heterocycles. The van der Waals surface area contributed by atoms with Gasteiger partial charge in [0.2, 0.25) is 5.91 Å². The summed E-state index contributed by atoms with van der Waals surface area (Å²) in [6, 6.07) is 6.99. The van der Waals surface area contributed by atoms with Gasteiger partial charge in [0.05, 0.1) is 24.5 Å². The number of amides is 1. The summed E-state index contributed by atoms with van der Waals surface area (Å²) in [6.07, 6.45) is 0.486. The summed E-state index contributed by atoms with van der Waals surface area (Å²) in [4.78, 5) is 25.5. The quantitative estimate of drug-likeness (QED) is 0.694. The van der Waals surface area contributed by atoms with E-state index in [1.165, 1.54) is 7.11 Å². The summed E-state index contributed by atoms with van der Waals surface area (Å²) in [5.41, 5.74) is 4.65. The van der Waals surface area contributed by atoms with Crippen molar-refractivity contribution in [1.82, 2.24) is 4.90 Å². The Hall–Kier alpha value is -2.12. The standard InChI is InChI=1S/C18H26N2O5/c1-20(2)10-14-15(17(22)23)13(16(19)21)7-8-18(14,24)11-5-4-6-12(9-11)25-3/h4-6,9,13-15,24H,7-8,10H2,1-3H3,(H2,19,21)(H,22,23). The monoisotopic (exact) mass is 350 g/mol. The predicted molar refractivity (Wildman–Crippen MR) is 92.0 cm³/mol. The average molecular weight is 350 g/mol. The van der Waals surface area contributed by atoms with Crippen LogP contribution in [0.2, 0.25) is 0 Å². The first-order chi connectivity index (χ1) is 11.7. The Labute approximate surface area is 147 Å². The fraction of sp³-hybridized carbons (Fsp3) is 0.556. The third kappa shape index (κ3) is 3.77. The molecule has 1 aliphatic rings. The highest BCUT2D eigenvalue weighted by atomic mass is 16.5. The summed E-state index contributed by atoms with van der Waals surface area (Å²) in [5.74, 6) is -3.70. The second-order valence-electron chi connectivity index (χ2n) is 6.94. The molecule has 0 spiro atoms. The number of nitrogens with two attached hydrogens (primary N) is 1. The summed E-state index contributed by atoms with van der Waals surface area (Å²) in [6.45, 7) is 0.314. The molecule has 0 aromatic heterocycles. The zero-order valence-electron chi connectivity index (χ0n) is 14.8. The van der Waals surface area contributed by atoms with Crippen molar-refractivity contribution in [2.45, 2.75) is 18.4 Å². The van der Waals surface area contributed by atoms with E-state index in [4.69, 9.17) is 10.5 Å². The minimum Gasteiger partial charge on any atom is -0.497 e.